The number of piperidine rings is 1. The average molecular weight is 511 g/mol. The number of hydrogen-bond donors (Lipinski definition) is 0. The van der Waals surface area contributed by atoms with Crippen LogP contribution in [0.5, 0.6) is 0 Å². The zero-order chi connectivity index (χ0) is 23.5. The molecule has 174 valence electrons. The zero-order valence-corrected chi connectivity index (χ0v) is 21.0. The number of carbonyl (C=O) groups is 1. The van der Waals surface area contributed by atoms with Gasteiger partial charge in [-0.15, -0.1) is 21.5 Å². The van der Waals surface area contributed by atoms with Gasteiger partial charge in [-0.2, -0.15) is 0 Å². The monoisotopic (exact) mass is 510 g/mol. The number of nitrogens with zero attached hydrogens (tertiary/aromatic N) is 6. The molecule has 7 nitrogen and oxygen atoms in total. The van der Waals surface area contributed by atoms with Crippen LogP contribution in [0.25, 0.3) is 17.1 Å². The highest BCUT2D eigenvalue weighted by Crippen LogP contribution is 2.33. The van der Waals surface area contributed by atoms with Gasteiger partial charge in [0.05, 0.1) is 16.5 Å². The Morgan fingerprint density at radius 1 is 1.15 bits per heavy atom. The molecular formula is C24H23ClN6OS2. The molecule has 3 aromatic heterocycles. The summed E-state index contributed by atoms with van der Waals surface area (Å²) in [6, 6.07) is 11.4. The smallest absolute Gasteiger partial charge is 0.273 e. The van der Waals surface area contributed by atoms with Crippen LogP contribution in [-0.4, -0.2) is 48.6 Å². The van der Waals surface area contributed by atoms with Gasteiger partial charge in [-0.3, -0.25) is 14.3 Å². The largest absolute Gasteiger partial charge is 0.337 e. The summed E-state index contributed by atoms with van der Waals surface area (Å²) < 4.78 is 1.96. The van der Waals surface area contributed by atoms with E-state index in [1.807, 2.05) is 51.2 Å². The molecule has 1 aromatic carbocycles. The van der Waals surface area contributed by atoms with Crippen molar-refractivity contribution in [2.75, 3.05) is 13.1 Å². The normalized spacial score (nSPS) is 14.5. The standard InChI is InChI=1S/C24H23ClN6OS2/c1-16-8-12-30(13-9-16)23(32)19-14-33-21(27-19)15-34-24-29-28-22(17-6-10-26-11-7-17)31(24)20-5-3-2-4-18(20)25/h2-7,10-11,14,16H,8-9,12-13,15H2,1H3. The Bertz CT molecular complexity index is 1280. The van der Waals surface area contributed by atoms with Gasteiger partial charge in [0.25, 0.3) is 5.91 Å². The first-order valence-electron chi connectivity index (χ1n) is 11.1. The molecule has 0 radical (unpaired) electrons. The van der Waals surface area contributed by atoms with Crippen LogP contribution in [0.15, 0.2) is 59.3 Å². The van der Waals surface area contributed by atoms with Crippen LogP contribution >= 0.6 is 34.7 Å². The quantitative estimate of drug-likeness (QED) is 0.314. The van der Waals surface area contributed by atoms with Gasteiger partial charge in [-0.1, -0.05) is 42.4 Å². The molecule has 1 saturated heterocycles. The van der Waals surface area contributed by atoms with E-state index in [4.69, 9.17) is 11.6 Å². The van der Waals surface area contributed by atoms with Gasteiger partial charge in [-0.25, -0.2) is 4.98 Å². The lowest BCUT2D eigenvalue weighted by molar-refractivity contribution is 0.0692. The minimum absolute atomic E-state index is 0.0265. The highest BCUT2D eigenvalue weighted by Gasteiger charge is 2.24. The lowest BCUT2D eigenvalue weighted by atomic mass is 9.99. The lowest BCUT2D eigenvalue weighted by Crippen LogP contribution is -2.38. The van der Waals surface area contributed by atoms with Crippen molar-refractivity contribution in [1.82, 2.24) is 29.6 Å². The van der Waals surface area contributed by atoms with Crippen molar-refractivity contribution in [3.8, 4) is 17.1 Å². The van der Waals surface area contributed by atoms with Crippen LogP contribution < -0.4 is 0 Å². The maximum absolute atomic E-state index is 12.8. The first-order chi connectivity index (χ1) is 16.6. The summed E-state index contributed by atoms with van der Waals surface area (Å²) >= 11 is 9.55. The first-order valence-corrected chi connectivity index (χ1v) is 13.3. The Morgan fingerprint density at radius 3 is 2.68 bits per heavy atom. The third kappa shape index (κ3) is 4.87. The third-order valence-corrected chi connectivity index (χ3v) is 8.12. The van der Waals surface area contributed by atoms with E-state index in [1.165, 1.54) is 23.1 Å². The molecule has 0 unspecified atom stereocenters. The van der Waals surface area contributed by atoms with E-state index in [-0.39, 0.29) is 5.91 Å². The van der Waals surface area contributed by atoms with Gasteiger partial charge in [0, 0.05) is 36.4 Å². The Kier molecular flexibility index (Phi) is 6.94. The number of hydrogen-bond acceptors (Lipinski definition) is 7. The summed E-state index contributed by atoms with van der Waals surface area (Å²) in [5.41, 5.74) is 2.23. The number of likely N-dealkylation sites (tertiary alicyclic amines) is 1. The van der Waals surface area contributed by atoms with Gasteiger partial charge >= 0.3 is 0 Å². The van der Waals surface area contributed by atoms with Crippen molar-refractivity contribution in [2.24, 2.45) is 5.92 Å². The second kappa shape index (κ2) is 10.2. The van der Waals surface area contributed by atoms with Gasteiger partial charge in [0.15, 0.2) is 11.0 Å². The summed E-state index contributed by atoms with van der Waals surface area (Å²) in [5, 5.41) is 12.9. The average Bonchev–Trinajstić information content (AvgIpc) is 3.51. The van der Waals surface area contributed by atoms with E-state index >= 15 is 0 Å². The Labute approximate surface area is 211 Å². The number of benzene rings is 1. The Hall–Kier alpha value is -2.75. The van der Waals surface area contributed by atoms with Gasteiger partial charge in [-0.05, 0) is 43.0 Å². The number of amides is 1. The molecule has 34 heavy (non-hydrogen) atoms. The van der Waals surface area contributed by atoms with Crippen molar-refractivity contribution < 1.29 is 4.79 Å². The number of halogens is 1. The summed E-state index contributed by atoms with van der Waals surface area (Å²) in [6.45, 7) is 3.85. The topological polar surface area (TPSA) is 76.8 Å². The fraction of sp³-hybridized carbons (Fsp3) is 0.292. The molecule has 5 rings (SSSR count). The van der Waals surface area contributed by atoms with Crippen LogP contribution in [0.1, 0.15) is 35.3 Å². The highest BCUT2D eigenvalue weighted by atomic mass is 35.5. The number of aromatic nitrogens is 5. The van der Waals surface area contributed by atoms with E-state index in [1.54, 1.807) is 12.4 Å². The summed E-state index contributed by atoms with van der Waals surface area (Å²) in [6.07, 6.45) is 5.56. The number of thioether (sulfide) groups is 1. The molecule has 1 fully saturated rings. The van der Waals surface area contributed by atoms with Gasteiger partial charge in [0.2, 0.25) is 0 Å². The van der Waals surface area contributed by atoms with Crippen molar-refractivity contribution in [3.05, 3.63) is 69.9 Å². The molecule has 4 heterocycles. The Morgan fingerprint density at radius 2 is 1.91 bits per heavy atom. The predicted octanol–water partition coefficient (Wildman–Crippen LogP) is 5.60. The molecule has 0 spiro atoms. The first kappa shape index (κ1) is 23.0. The highest BCUT2D eigenvalue weighted by molar-refractivity contribution is 7.98. The molecule has 1 aliphatic rings. The summed E-state index contributed by atoms with van der Waals surface area (Å²) in [7, 11) is 0. The molecule has 4 aromatic rings. The maximum atomic E-state index is 12.8. The molecule has 1 aliphatic heterocycles. The zero-order valence-electron chi connectivity index (χ0n) is 18.6. The van der Waals surface area contributed by atoms with Crippen molar-refractivity contribution in [3.63, 3.8) is 0 Å². The van der Waals surface area contributed by atoms with E-state index in [9.17, 15) is 4.79 Å². The molecule has 0 saturated carbocycles. The van der Waals surface area contributed by atoms with Gasteiger partial charge in [0.1, 0.15) is 10.7 Å². The van der Waals surface area contributed by atoms with Crippen molar-refractivity contribution >= 4 is 40.6 Å². The predicted molar refractivity (Wildman–Crippen MR) is 136 cm³/mol. The SMILES string of the molecule is CC1CCN(C(=O)c2csc(CSc3nnc(-c4ccncc4)n3-c3ccccc3Cl)n2)CC1. The van der Waals surface area contributed by atoms with Crippen LogP contribution in [-0.2, 0) is 5.75 Å². The number of para-hydroxylation sites is 1. The number of carbonyl (C=O) groups excluding carboxylic acids is 1. The summed E-state index contributed by atoms with van der Waals surface area (Å²) in [5.74, 6) is 1.97. The van der Waals surface area contributed by atoms with Crippen LogP contribution in [0.3, 0.4) is 0 Å². The third-order valence-electron chi connectivity index (χ3n) is 5.83. The number of rotatable bonds is 6. The summed E-state index contributed by atoms with van der Waals surface area (Å²) in [4.78, 5) is 23.5. The second-order valence-electron chi connectivity index (χ2n) is 8.22. The molecule has 10 heteroatoms. The fourth-order valence-electron chi connectivity index (χ4n) is 3.88. The van der Waals surface area contributed by atoms with E-state index < -0.39 is 0 Å². The van der Waals surface area contributed by atoms with Gasteiger partial charge < -0.3 is 4.90 Å². The molecule has 0 bridgehead atoms. The molecule has 0 aliphatic carbocycles. The van der Waals surface area contributed by atoms with Crippen LogP contribution in [0, 0.1) is 5.92 Å². The van der Waals surface area contributed by atoms with E-state index in [0.717, 1.165) is 42.2 Å². The molecule has 0 N–H and O–H groups in total. The van der Waals surface area contributed by atoms with E-state index in [0.29, 0.717) is 33.4 Å². The maximum Gasteiger partial charge on any atom is 0.273 e. The van der Waals surface area contributed by atoms with Crippen molar-refractivity contribution in [1.29, 1.82) is 0 Å². The minimum atomic E-state index is 0.0265. The van der Waals surface area contributed by atoms with Crippen LogP contribution in [0.4, 0.5) is 0 Å². The minimum Gasteiger partial charge on any atom is -0.337 e. The lowest BCUT2D eigenvalue weighted by Gasteiger charge is -2.29. The van der Waals surface area contributed by atoms with Crippen LogP contribution in [0.2, 0.25) is 5.02 Å². The molecular weight excluding hydrogens is 488 g/mol. The van der Waals surface area contributed by atoms with Crippen molar-refractivity contribution in [2.45, 2.75) is 30.7 Å². The number of thiazole rings is 1. The molecule has 1 amide bonds. The second-order valence-corrected chi connectivity index (χ2v) is 10.5. The fourth-order valence-corrected chi connectivity index (χ4v) is 5.83. The molecule has 0 atom stereocenters. The van der Waals surface area contributed by atoms with E-state index in [2.05, 4.69) is 27.1 Å². The Balaban J connectivity index is 1.37. The number of pyridine rings is 1.